The maximum atomic E-state index is 5.69. The number of hydrogen-bond acceptors (Lipinski definition) is 5. The molecule has 0 fully saturated rings. The van der Waals surface area contributed by atoms with Gasteiger partial charge in [0.25, 0.3) is 0 Å². The number of hydrogen-bond donors (Lipinski definition) is 2. The van der Waals surface area contributed by atoms with E-state index < -0.39 is 0 Å². The summed E-state index contributed by atoms with van der Waals surface area (Å²) >= 11 is 5.66. The summed E-state index contributed by atoms with van der Waals surface area (Å²) in [6, 6.07) is 0.221. The van der Waals surface area contributed by atoms with Crippen LogP contribution in [0, 0.1) is 0 Å². The third-order valence-electron chi connectivity index (χ3n) is 1.93. The lowest BCUT2D eigenvalue weighted by atomic mass is 10.2. The maximum absolute atomic E-state index is 5.69. The molecule has 0 radical (unpaired) electrons. The second-order valence-corrected chi connectivity index (χ2v) is 3.61. The van der Waals surface area contributed by atoms with Gasteiger partial charge in [-0.3, -0.25) is 0 Å². The lowest BCUT2D eigenvalue weighted by Crippen LogP contribution is -2.19. The van der Waals surface area contributed by atoms with Crippen LogP contribution >= 0.6 is 11.6 Å². The van der Waals surface area contributed by atoms with Crippen molar-refractivity contribution < 1.29 is 4.74 Å². The Morgan fingerprint density at radius 1 is 1.67 bits per heavy atom. The van der Waals surface area contributed by atoms with Crippen molar-refractivity contribution in [2.75, 3.05) is 24.8 Å². The van der Waals surface area contributed by atoms with E-state index in [1.165, 1.54) is 6.20 Å². The normalized spacial score (nSPS) is 12.5. The molecule has 0 bridgehead atoms. The number of nitrogens with one attached hydrogen (secondary N) is 1. The highest BCUT2D eigenvalue weighted by molar-refractivity contribution is 6.28. The van der Waals surface area contributed by atoms with Crippen molar-refractivity contribution >= 4 is 23.1 Å². The third kappa shape index (κ3) is 3.89. The van der Waals surface area contributed by atoms with E-state index in [2.05, 4.69) is 15.3 Å². The standard InChI is InChI=1S/C9H15ClN4O/c1-6(3-4-15-2)13-8-7(11)5-12-9(10)14-8/h5-6H,3-4,11H2,1-2H3,(H,12,13,14). The Bertz CT molecular complexity index is 321. The molecule has 1 aromatic heterocycles. The lowest BCUT2D eigenvalue weighted by molar-refractivity contribution is 0.191. The number of halogens is 1. The van der Waals surface area contributed by atoms with Crippen LogP contribution in [0.2, 0.25) is 5.28 Å². The molecule has 5 nitrogen and oxygen atoms in total. The summed E-state index contributed by atoms with van der Waals surface area (Å²) in [5, 5.41) is 3.33. The van der Waals surface area contributed by atoms with Crippen LogP contribution in [-0.2, 0) is 4.74 Å². The summed E-state index contributed by atoms with van der Waals surface area (Å²) in [6.07, 6.45) is 2.36. The zero-order valence-electron chi connectivity index (χ0n) is 8.83. The number of nitrogens with two attached hydrogens (primary N) is 1. The first-order valence-electron chi connectivity index (χ1n) is 4.67. The minimum Gasteiger partial charge on any atom is -0.394 e. The number of nitrogen functional groups attached to an aromatic ring is 1. The Hall–Kier alpha value is -1.07. The van der Waals surface area contributed by atoms with E-state index in [1.54, 1.807) is 7.11 Å². The van der Waals surface area contributed by atoms with Crippen molar-refractivity contribution in [1.82, 2.24) is 9.97 Å². The number of rotatable bonds is 5. The summed E-state index contributed by atoms with van der Waals surface area (Å²) < 4.78 is 4.97. The second-order valence-electron chi connectivity index (χ2n) is 3.27. The molecular weight excluding hydrogens is 216 g/mol. The van der Waals surface area contributed by atoms with Gasteiger partial charge in [0.05, 0.1) is 11.9 Å². The van der Waals surface area contributed by atoms with Gasteiger partial charge in [0, 0.05) is 19.8 Å². The number of anilines is 2. The fourth-order valence-corrected chi connectivity index (χ4v) is 1.22. The zero-order chi connectivity index (χ0) is 11.3. The smallest absolute Gasteiger partial charge is 0.224 e. The van der Waals surface area contributed by atoms with Gasteiger partial charge in [0.1, 0.15) is 0 Å². The number of methoxy groups -OCH3 is 1. The van der Waals surface area contributed by atoms with Gasteiger partial charge >= 0.3 is 0 Å². The molecule has 1 aromatic rings. The minimum absolute atomic E-state index is 0.186. The molecule has 0 aliphatic rings. The van der Waals surface area contributed by atoms with E-state index in [1.807, 2.05) is 6.92 Å². The largest absolute Gasteiger partial charge is 0.394 e. The number of ether oxygens (including phenoxy) is 1. The molecule has 84 valence electrons. The molecule has 0 amide bonds. The Morgan fingerprint density at radius 3 is 3.07 bits per heavy atom. The van der Waals surface area contributed by atoms with Crippen molar-refractivity contribution in [2.24, 2.45) is 0 Å². The first-order chi connectivity index (χ1) is 7.13. The highest BCUT2D eigenvalue weighted by Gasteiger charge is 2.07. The summed E-state index contributed by atoms with van der Waals surface area (Å²) in [4.78, 5) is 7.77. The monoisotopic (exact) mass is 230 g/mol. The summed E-state index contributed by atoms with van der Waals surface area (Å²) in [5.74, 6) is 0.568. The molecule has 1 unspecified atom stereocenters. The van der Waals surface area contributed by atoms with Gasteiger partial charge in [-0.2, -0.15) is 4.98 Å². The average Bonchev–Trinajstić information content (AvgIpc) is 2.20. The van der Waals surface area contributed by atoms with Crippen LogP contribution in [0.3, 0.4) is 0 Å². The van der Waals surface area contributed by atoms with Gasteiger partial charge in [0.15, 0.2) is 5.82 Å². The van der Waals surface area contributed by atoms with Crippen molar-refractivity contribution in [1.29, 1.82) is 0 Å². The lowest BCUT2D eigenvalue weighted by Gasteiger charge is -2.15. The van der Waals surface area contributed by atoms with Crippen LogP contribution in [0.25, 0.3) is 0 Å². The van der Waals surface area contributed by atoms with Gasteiger partial charge in [-0.25, -0.2) is 4.98 Å². The quantitative estimate of drug-likeness (QED) is 0.751. The fourth-order valence-electron chi connectivity index (χ4n) is 1.09. The SMILES string of the molecule is COCCC(C)Nc1nc(Cl)ncc1N. The first-order valence-corrected chi connectivity index (χ1v) is 5.04. The molecule has 0 saturated heterocycles. The molecule has 6 heteroatoms. The maximum Gasteiger partial charge on any atom is 0.224 e. The van der Waals surface area contributed by atoms with Gasteiger partial charge in [0.2, 0.25) is 5.28 Å². The predicted octanol–water partition coefficient (Wildman–Crippen LogP) is 1.55. The van der Waals surface area contributed by atoms with E-state index in [-0.39, 0.29) is 11.3 Å². The molecule has 0 aliphatic carbocycles. The molecule has 0 spiro atoms. The van der Waals surface area contributed by atoms with Crippen molar-refractivity contribution in [3.8, 4) is 0 Å². The van der Waals surface area contributed by atoms with Gasteiger partial charge < -0.3 is 15.8 Å². The van der Waals surface area contributed by atoms with E-state index in [0.29, 0.717) is 18.1 Å². The highest BCUT2D eigenvalue weighted by Crippen LogP contribution is 2.17. The Labute approximate surface area is 94.0 Å². The Morgan fingerprint density at radius 2 is 2.40 bits per heavy atom. The van der Waals surface area contributed by atoms with Crippen molar-refractivity contribution in [3.63, 3.8) is 0 Å². The molecular formula is C9H15ClN4O. The van der Waals surface area contributed by atoms with E-state index in [4.69, 9.17) is 22.1 Å². The summed E-state index contributed by atoms with van der Waals surface area (Å²) in [5.41, 5.74) is 6.18. The van der Waals surface area contributed by atoms with E-state index in [0.717, 1.165) is 6.42 Å². The van der Waals surface area contributed by atoms with Crippen molar-refractivity contribution in [2.45, 2.75) is 19.4 Å². The van der Waals surface area contributed by atoms with Crippen LogP contribution in [0.15, 0.2) is 6.20 Å². The fraction of sp³-hybridized carbons (Fsp3) is 0.556. The summed E-state index contributed by atoms with van der Waals surface area (Å²) in [6.45, 7) is 2.71. The van der Waals surface area contributed by atoms with E-state index >= 15 is 0 Å². The van der Waals surface area contributed by atoms with Crippen LogP contribution in [0.1, 0.15) is 13.3 Å². The van der Waals surface area contributed by atoms with E-state index in [9.17, 15) is 0 Å². The zero-order valence-corrected chi connectivity index (χ0v) is 9.58. The molecule has 0 aliphatic heterocycles. The molecule has 1 heterocycles. The first kappa shape index (κ1) is 12.0. The van der Waals surface area contributed by atoms with Crippen molar-refractivity contribution in [3.05, 3.63) is 11.5 Å². The van der Waals surface area contributed by atoms with Gasteiger partial charge in [-0.1, -0.05) is 0 Å². The molecule has 3 N–H and O–H groups in total. The van der Waals surface area contributed by atoms with Crippen LogP contribution in [0.4, 0.5) is 11.5 Å². The number of nitrogens with zero attached hydrogens (tertiary/aromatic N) is 2. The van der Waals surface area contributed by atoms with Crippen LogP contribution in [-0.4, -0.2) is 29.7 Å². The average molecular weight is 231 g/mol. The molecule has 0 saturated carbocycles. The highest BCUT2D eigenvalue weighted by atomic mass is 35.5. The second kappa shape index (κ2) is 5.72. The molecule has 0 aromatic carbocycles. The third-order valence-corrected chi connectivity index (χ3v) is 2.11. The van der Waals surface area contributed by atoms with Crippen LogP contribution < -0.4 is 11.1 Å². The Balaban J connectivity index is 2.59. The Kier molecular flexibility index (Phi) is 4.58. The molecule has 15 heavy (non-hydrogen) atoms. The van der Waals surface area contributed by atoms with Gasteiger partial charge in [-0.15, -0.1) is 0 Å². The topological polar surface area (TPSA) is 73.1 Å². The summed E-state index contributed by atoms with van der Waals surface area (Å²) in [7, 11) is 1.67. The molecule has 1 rings (SSSR count). The number of aromatic nitrogens is 2. The minimum atomic E-state index is 0.186. The molecule has 1 atom stereocenters. The predicted molar refractivity (Wildman–Crippen MR) is 61.0 cm³/mol. The van der Waals surface area contributed by atoms with Gasteiger partial charge in [-0.05, 0) is 24.9 Å². The van der Waals surface area contributed by atoms with Crippen LogP contribution in [0.5, 0.6) is 0 Å².